The van der Waals surface area contributed by atoms with Crippen molar-refractivity contribution in [3.8, 4) is 0 Å². The van der Waals surface area contributed by atoms with Gasteiger partial charge in [0.1, 0.15) is 6.17 Å². The van der Waals surface area contributed by atoms with Gasteiger partial charge in [-0.05, 0) is 30.2 Å². The Bertz CT molecular complexity index is 427. The maximum absolute atomic E-state index is 12.6. The number of rotatable bonds is 4. The molecule has 1 saturated carbocycles. The molecule has 0 bridgehead atoms. The fraction of sp³-hybridized carbons (Fsp3) is 0.643. The van der Waals surface area contributed by atoms with Crippen molar-refractivity contribution in [2.45, 2.75) is 51.4 Å². The molecular weight excluding hydrogens is 244 g/mol. The lowest BCUT2D eigenvalue weighted by molar-refractivity contribution is -0.131. The van der Waals surface area contributed by atoms with Crippen LogP contribution in [-0.4, -0.2) is 22.9 Å². The minimum atomic E-state index is 0.00250. The molecule has 1 saturated heterocycles. The van der Waals surface area contributed by atoms with Crippen molar-refractivity contribution in [1.29, 1.82) is 0 Å². The van der Waals surface area contributed by atoms with Gasteiger partial charge in [-0.1, -0.05) is 26.3 Å². The van der Waals surface area contributed by atoms with E-state index in [-0.39, 0.29) is 12.2 Å². The largest absolute Gasteiger partial charge is 0.318 e. The predicted octanol–water partition coefficient (Wildman–Crippen LogP) is 2.76. The second-order valence-corrected chi connectivity index (χ2v) is 6.40. The molecule has 98 valence electrons. The Morgan fingerprint density at radius 3 is 2.89 bits per heavy atom. The van der Waals surface area contributed by atoms with Gasteiger partial charge in [-0.3, -0.25) is 10.1 Å². The molecule has 18 heavy (non-hydrogen) atoms. The number of carbonyl (C=O) groups excluding carboxylic acids is 1. The molecule has 2 fully saturated rings. The van der Waals surface area contributed by atoms with Gasteiger partial charge in [-0.15, -0.1) is 11.3 Å². The van der Waals surface area contributed by atoms with E-state index in [0.717, 1.165) is 6.42 Å². The Morgan fingerprint density at radius 1 is 1.56 bits per heavy atom. The lowest BCUT2D eigenvalue weighted by Gasteiger charge is -2.22. The van der Waals surface area contributed by atoms with Crippen LogP contribution in [0.4, 0.5) is 0 Å². The average molecular weight is 264 g/mol. The maximum Gasteiger partial charge on any atom is 0.241 e. The standard InChI is InChI=1S/C14H20N2OS/c1-3-9(2)12-14(17)16(10-6-7-10)13(15-12)11-5-4-8-18-11/h4-5,8-10,12-13,15H,3,6-7H2,1-2H3. The molecule has 0 aromatic carbocycles. The van der Waals surface area contributed by atoms with E-state index in [1.54, 1.807) is 11.3 Å². The van der Waals surface area contributed by atoms with Crippen LogP contribution >= 0.6 is 11.3 Å². The number of amides is 1. The molecule has 3 atom stereocenters. The van der Waals surface area contributed by atoms with E-state index in [1.807, 2.05) is 0 Å². The molecule has 3 nitrogen and oxygen atoms in total. The maximum atomic E-state index is 12.6. The molecule has 2 heterocycles. The monoisotopic (exact) mass is 264 g/mol. The smallest absolute Gasteiger partial charge is 0.241 e. The van der Waals surface area contributed by atoms with Crippen LogP contribution in [0.3, 0.4) is 0 Å². The Hall–Kier alpha value is -0.870. The molecule has 1 aromatic heterocycles. The second-order valence-electron chi connectivity index (χ2n) is 5.42. The first-order valence-corrected chi connectivity index (χ1v) is 7.72. The summed E-state index contributed by atoms with van der Waals surface area (Å²) in [6.07, 6.45) is 3.49. The van der Waals surface area contributed by atoms with Gasteiger partial charge in [-0.2, -0.15) is 0 Å². The number of hydrogen-bond donors (Lipinski definition) is 1. The highest BCUT2D eigenvalue weighted by atomic mass is 32.1. The van der Waals surface area contributed by atoms with Crippen molar-refractivity contribution in [2.24, 2.45) is 5.92 Å². The lowest BCUT2D eigenvalue weighted by Crippen LogP contribution is -2.36. The van der Waals surface area contributed by atoms with Crippen LogP contribution in [0.2, 0.25) is 0 Å². The Kier molecular flexibility index (Phi) is 3.16. The number of hydrogen-bond acceptors (Lipinski definition) is 3. The third-order valence-corrected chi connectivity index (χ3v) is 5.03. The van der Waals surface area contributed by atoms with Gasteiger partial charge >= 0.3 is 0 Å². The number of nitrogens with zero attached hydrogens (tertiary/aromatic N) is 1. The zero-order chi connectivity index (χ0) is 12.7. The quantitative estimate of drug-likeness (QED) is 0.907. The minimum absolute atomic E-state index is 0.00250. The van der Waals surface area contributed by atoms with E-state index in [9.17, 15) is 4.79 Å². The first-order chi connectivity index (χ1) is 8.72. The van der Waals surface area contributed by atoms with Crippen LogP contribution in [0.5, 0.6) is 0 Å². The third-order valence-electron chi connectivity index (χ3n) is 4.10. The molecule has 0 spiro atoms. The Morgan fingerprint density at radius 2 is 2.33 bits per heavy atom. The Balaban J connectivity index is 1.86. The normalized spacial score (nSPS) is 29.9. The summed E-state index contributed by atoms with van der Waals surface area (Å²) >= 11 is 1.74. The zero-order valence-corrected chi connectivity index (χ0v) is 11.7. The molecule has 1 N–H and O–H groups in total. The molecule has 0 radical (unpaired) electrons. The molecule has 3 rings (SSSR count). The molecule has 2 aliphatic rings. The van der Waals surface area contributed by atoms with Crippen LogP contribution in [-0.2, 0) is 4.79 Å². The highest BCUT2D eigenvalue weighted by molar-refractivity contribution is 7.10. The number of carbonyl (C=O) groups is 1. The van der Waals surface area contributed by atoms with Crippen LogP contribution in [0.15, 0.2) is 17.5 Å². The topological polar surface area (TPSA) is 32.3 Å². The summed E-state index contributed by atoms with van der Waals surface area (Å²) in [5.41, 5.74) is 0. The number of thiophene rings is 1. The van der Waals surface area contributed by atoms with Gasteiger partial charge in [0, 0.05) is 10.9 Å². The highest BCUT2D eigenvalue weighted by Gasteiger charge is 2.48. The van der Waals surface area contributed by atoms with Crippen molar-refractivity contribution in [2.75, 3.05) is 0 Å². The van der Waals surface area contributed by atoms with Gasteiger partial charge in [-0.25, -0.2) is 0 Å². The molecule has 3 unspecified atom stereocenters. The third kappa shape index (κ3) is 1.97. The van der Waals surface area contributed by atoms with Crippen molar-refractivity contribution < 1.29 is 4.79 Å². The SMILES string of the molecule is CCC(C)C1NC(c2cccs2)N(C2CC2)C1=O. The highest BCUT2D eigenvalue weighted by Crippen LogP contribution is 2.39. The van der Waals surface area contributed by atoms with E-state index in [0.29, 0.717) is 17.9 Å². The van der Waals surface area contributed by atoms with Crippen LogP contribution in [0, 0.1) is 5.92 Å². The van der Waals surface area contributed by atoms with Gasteiger partial charge in [0.05, 0.1) is 6.04 Å². The molecule has 1 aromatic rings. The van der Waals surface area contributed by atoms with E-state index in [4.69, 9.17) is 0 Å². The molecule has 1 aliphatic carbocycles. The Labute approximate surface area is 112 Å². The van der Waals surface area contributed by atoms with Crippen molar-refractivity contribution in [3.63, 3.8) is 0 Å². The first kappa shape index (κ1) is 12.2. The van der Waals surface area contributed by atoms with Crippen molar-refractivity contribution in [1.82, 2.24) is 10.2 Å². The van der Waals surface area contributed by atoms with E-state index in [2.05, 4.69) is 41.6 Å². The zero-order valence-electron chi connectivity index (χ0n) is 10.9. The molecule has 1 aliphatic heterocycles. The van der Waals surface area contributed by atoms with Crippen molar-refractivity contribution in [3.05, 3.63) is 22.4 Å². The van der Waals surface area contributed by atoms with Gasteiger partial charge < -0.3 is 4.90 Å². The summed E-state index contributed by atoms with van der Waals surface area (Å²) in [7, 11) is 0. The molecular formula is C14H20N2OS. The lowest BCUT2D eigenvalue weighted by atomic mass is 9.99. The summed E-state index contributed by atoms with van der Waals surface area (Å²) in [6.45, 7) is 4.32. The molecule has 1 amide bonds. The fourth-order valence-corrected chi connectivity index (χ4v) is 3.44. The van der Waals surface area contributed by atoms with Gasteiger partial charge in [0.15, 0.2) is 0 Å². The van der Waals surface area contributed by atoms with E-state index < -0.39 is 0 Å². The minimum Gasteiger partial charge on any atom is -0.318 e. The fourth-order valence-electron chi connectivity index (χ4n) is 2.66. The van der Waals surface area contributed by atoms with E-state index in [1.165, 1.54) is 17.7 Å². The van der Waals surface area contributed by atoms with E-state index >= 15 is 0 Å². The van der Waals surface area contributed by atoms with Gasteiger partial charge in [0.25, 0.3) is 0 Å². The summed E-state index contributed by atoms with van der Waals surface area (Å²) in [6, 6.07) is 4.67. The summed E-state index contributed by atoms with van der Waals surface area (Å²) < 4.78 is 0. The van der Waals surface area contributed by atoms with Crippen LogP contribution < -0.4 is 5.32 Å². The predicted molar refractivity (Wildman–Crippen MR) is 73.3 cm³/mol. The second kappa shape index (κ2) is 4.67. The first-order valence-electron chi connectivity index (χ1n) is 6.84. The van der Waals surface area contributed by atoms with Crippen LogP contribution in [0.1, 0.15) is 44.2 Å². The van der Waals surface area contributed by atoms with Crippen molar-refractivity contribution >= 4 is 17.2 Å². The summed E-state index contributed by atoms with van der Waals surface area (Å²) in [4.78, 5) is 15.9. The summed E-state index contributed by atoms with van der Waals surface area (Å²) in [5, 5.41) is 5.64. The number of nitrogens with one attached hydrogen (secondary N) is 1. The van der Waals surface area contributed by atoms with Crippen LogP contribution in [0.25, 0.3) is 0 Å². The summed E-state index contributed by atoms with van der Waals surface area (Å²) in [5.74, 6) is 0.717. The average Bonchev–Trinajstić information content (AvgIpc) is 2.94. The molecule has 4 heteroatoms. The van der Waals surface area contributed by atoms with Gasteiger partial charge in [0.2, 0.25) is 5.91 Å².